The Kier molecular flexibility index (Phi) is 4.70. The quantitative estimate of drug-likeness (QED) is 0.910. The molecule has 1 aromatic rings. The minimum atomic E-state index is -3.59. The van der Waals surface area contributed by atoms with Crippen LogP contribution in [0.5, 0.6) is 0 Å². The maximum Gasteiger partial charge on any atom is 0.243 e. The highest BCUT2D eigenvalue weighted by molar-refractivity contribution is 7.89. The van der Waals surface area contributed by atoms with E-state index in [-0.39, 0.29) is 29.1 Å². The van der Waals surface area contributed by atoms with E-state index >= 15 is 0 Å². The number of sulfonamides is 1. The highest BCUT2D eigenvalue weighted by atomic mass is 35.5. The van der Waals surface area contributed by atoms with Crippen molar-refractivity contribution < 1.29 is 13.2 Å². The number of nitrogens with two attached hydrogens (primary N) is 1. The first-order valence-corrected chi connectivity index (χ1v) is 7.91. The number of hydrogen-bond acceptors (Lipinski definition) is 4. The molecule has 1 saturated heterocycles. The molecule has 0 radical (unpaired) electrons. The SMILES string of the molecule is NCC1CN(S(=O)(=O)c2ccc(Cl)c(Cl)c2)CCO1. The number of hydrogen-bond donors (Lipinski definition) is 1. The van der Waals surface area contributed by atoms with Gasteiger partial charge in [-0.2, -0.15) is 4.31 Å². The molecule has 1 aliphatic heterocycles. The molecule has 0 bridgehead atoms. The Morgan fingerprint density at radius 2 is 2.11 bits per heavy atom. The van der Waals surface area contributed by atoms with Crippen molar-refractivity contribution >= 4 is 33.2 Å². The van der Waals surface area contributed by atoms with Crippen LogP contribution in [0.25, 0.3) is 0 Å². The monoisotopic (exact) mass is 324 g/mol. The Morgan fingerprint density at radius 3 is 2.74 bits per heavy atom. The molecule has 0 amide bonds. The van der Waals surface area contributed by atoms with Crippen molar-refractivity contribution in [2.75, 3.05) is 26.2 Å². The third kappa shape index (κ3) is 3.21. The van der Waals surface area contributed by atoms with Gasteiger partial charge in [-0.25, -0.2) is 8.42 Å². The van der Waals surface area contributed by atoms with Crippen molar-refractivity contribution in [3.05, 3.63) is 28.2 Å². The van der Waals surface area contributed by atoms with Gasteiger partial charge in [0.15, 0.2) is 0 Å². The van der Waals surface area contributed by atoms with Gasteiger partial charge in [-0.3, -0.25) is 0 Å². The zero-order chi connectivity index (χ0) is 14.0. The maximum absolute atomic E-state index is 12.4. The minimum absolute atomic E-state index is 0.125. The fourth-order valence-corrected chi connectivity index (χ4v) is 3.68. The molecule has 19 heavy (non-hydrogen) atoms. The standard InChI is InChI=1S/C11H14Cl2N2O3S/c12-10-2-1-9(5-11(10)13)19(16,17)15-3-4-18-8(6-14)7-15/h1-2,5,8H,3-4,6-7,14H2. The first-order chi connectivity index (χ1) is 8.95. The molecule has 1 heterocycles. The molecule has 2 N–H and O–H groups in total. The summed E-state index contributed by atoms with van der Waals surface area (Å²) >= 11 is 11.6. The van der Waals surface area contributed by atoms with Gasteiger partial charge in [0.05, 0.1) is 27.7 Å². The summed E-state index contributed by atoms with van der Waals surface area (Å²) in [6, 6.07) is 4.26. The fourth-order valence-electron chi connectivity index (χ4n) is 1.84. The van der Waals surface area contributed by atoms with Gasteiger partial charge < -0.3 is 10.5 Å². The van der Waals surface area contributed by atoms with Crippen LogP contribution in [-0.2, 0) is 14.8 Å². The molecule has 2 rings (SSSR count). The molecular formula is C11H14Cl2N2O3S. The van der Waals surface area contributed by atoms with Crippen molar-refractivity contribution in [1.29, 1.82) is 0 Å². The molecule has 1 aromatic carbocycles. The fraction of sp³-hybridized carbons (Fsp3) is 0.455. The summed E-state index contributed by atoms with van der Waals surface area (Å²) in [6.45, 7) is 1.17. The third-order valence-corrected chi connectivity index (χ3v) is 5.49. The largest absolute Gasteiger partial charge is 0.374 e. The summed E-state index contributed by atoms with van der Waals surface area (Å²) in [5.41, 5.74) is 5.51. The molecule has 1 atom stereocenters. The molecule has 8 heteroatoms. The molecule has 1 fully saturated rings. The van der Waals surface area contributed by atoms with Crippen molar-refractivity contribution in [1.82, 2.24) is 4.31 Å². The Balaban J connectivity index is 2.28. The van der Waals surface area contributed by atoms with E-state index in [4.69, 9.17) is 33.7 Å². The summed E-state index contributed by atoms with van der Waals surface area (Å²) < 4.78 is 31.6. The molecule has 0 aromatic heterocycles. The van der Waals surface area contributed by atoms with Crippen LogP contribution in [0.2, 0.25) is 10.0 Å². The zero-order valence-electron chi connectivity index (χ0n) is 10.1. The second kappa shape index (κ2) is 5.95. The predicted octanol–water partition coefficient (Wildman–Crippen LogP) is 1.34. The smallest absolute Gasteiger partial charge is 0.243 e. The number of nitrogens with zero attached hydrogens (tertiary/aromatic N) is 1. The molecule has 1 unspecified atom stereocenters. The van der Waals surface area contributed by atoms with E-state index in [1.165, 1.54) is 22.5 Å². The van der Waals surface area contributed by atoms with E-state index in [0.29, 0.717) is 18.2 Å². The molecule has 0 aliphatic carbocycles. The van der Waals surface area contributed by atoms with Crippen molar-refractivity contribution in [3.8, 4) is 0 Å². The Morgan fingerprint density at radius 1 is 1.37 bits per heavy atom. The summed E-state index contributed by atoms with van der Waals surface area (Å²) in [5.74, 6) is 0. The van der Waals surface area contributed by atoms with Crippen LogP contribution in [0.3, 0.4) is 0 Å². The lowest BCUT2D eigenvalue weighted by atomic mass is 10.3. The first-order valence-electron chi connectivity index (χ1n) is 5.72. The molecule has 0 saturated carbocycles. The Hall–Kier alpha value is -0.370. The average molecular weight is 325 g/mol. The van der Waals surface area contributed by atoms with E-state index < -0.39 is 10.0 Å². The van der Waals surface area contributed by atoms with Gasteiger partial charge in [0.2, 0.25) is 10.0 Å². The van der Waals surface area contributed by atoms with E-state index in [1.54, 1.807) is 0 Å². The van der Waals surface area contributed by atoms with E-state index in [2.05, 4.69) is 0 Å². The number of halogens is 2. The highest BCUT2D eigenvalue weighted by Crippen LogP contribution is 2.27. The summed E-state index contributed by atoms with van der Waals surface area (Å²) in [5, 5.41) is 0.536. The van der Waals surface area contributed by atoms with Gasteiger partial charge in [-0.15, -0.1) is 0 Å². The van der Waals surface area contributed by atoms with Gasteiger partial charge >= 0.3 is 0 Å². The van der Waals surface area contributed by atoms with Crippen LogP contribution in [0.1, 0.15) is 0 Å². The van der Waals surface area contributed by atoms with Crippen molar-refractivity contribution in [3.63, 3.8) is 0 Å². The van der Waals surface area contributed by atoms with E-state index in [0.717, 1.165) is 0 Å². The Labute approximate surface area is 122 Å². The van der Waals surface area contributed by atoms with E-state index in [1.807, 2.05) is 0 Å². The lowest BCUT2D eigenvalue weighted by molar-refractivity contribution is 0.00450. The Bertz CT molecular complexity index is 565. The van der Waals surface area contributed by atoms with Crippen LogP contribution >= 0.6 is 23.2 Å². The van der Waals surface area contributed by atoms with E-state index in [9.17, 15) is 8.42 Å². The summed E-state index contributed by atoms with van der Waals surface area (Å²) in [4.78, 5) is 0.125. The van der Waals surface area contributed by atoms with Gasteiger partial charge in [0, 0.05) is 19.6 Å². The van der Waals surface area contributed by atoms with Crippen LogP contribution in [0.15, 0.2) is 23.1 Å². The molecule has 0 spiro atoms. The number of morpholine rings is 1. The van der Waals surface area contributed by atoms with Gasteiger partial charge in [-0.1, -0.05) is 23.2 Å². The van der Waals surface area contributed by atoms with Crippen LogP contribution < -0.4 is 5.73 Å². The lowest BCUT2D eigenvalue weighted by Gasteiger charge is -2.31. The summed E-state index contributed by atoms with van der Waals surface area (Å²) in [7, 11) is -3.59. The van der Waals surface area contributed by atoms with Crippen molar-refractivity contribution in [2.45, 2.75) is 11.0 Å². The van der Waals surface area contributed by atoms with Crippen LogP contribution in [0.4, 0.5) is 0 Å². The van der Waals surface area contributed by atoms with Gasteiger partial charge in [0.25, 0.3) is 0 Å². The second-order valence-corrected chi connectivity index (χ2v) is 6.92. The van der Waals surface area contributed by atoms with Crippen molar-refractivity contribution in [2.24, 2.45) is 5.73 Å². The number of rotatable bonds is 3. The van der Waals surface area contributed by atoms with Crippen LogP contribution in [0, 0.1) is 0 Å². The third-order valence-electron chi connectivity index (χ3n) is 2.89. The first kappa shape index (κ1) is 15.0. The number of benzene rings is 1. The normalized spacial score (nSPS) is 21.5. The van der Waals surface area contributed by atoms with Crippen LogP contribution in [-0.4, -0.2) is 45.1 Å². The summed E-state index contributed by atoms with van der Waals surface area (Å²) in [6.07, 6.45) is -0.272. The lowest BCUT2D eigenvalue weighted by Crippen LogP contribution is -2.48. The number of ether oxygens (including phenoxy) is 1. The second-order valence-electron chi connectivity index (χ2n) is 4.17. The molecule has 106 valence electrons. The topological polar surface area (TPSA) is 72.6 Å². The van der Waals surface area contributed by atoms with Gasteiger partial charge in [-0.05, 0) is 18.2 Å². The molecule has 5 nitrogen and oxygen atoms in total. The minimum Gasteiger partial charge on any atom is -0.374 e. The average Bonchev–Trinajstić information content (AvgIpc) is 2.41. The highest BCUT2D eigenvalue weighted by Gasteiger charge is 2.30. The maximum atomic E-state index is 12.4. The molecule has 1 aliphatic rings. The van der Waals surface area contributed by atoms with Gasteiger partial charge in [0.1, 0.15) is 0 Å². The molecular weight excluding hydrogens is 311 g/mol. The zero-order valence-corrected chi connectivity index (χ0v) is 12.4. The predicted molar refractivity (Wildman–Crippen MR) is 74.0 cm³/mol.